The van der Waals surface area contributed by atoms with Gasteiger partial charge in [-0.1, -0.05) is 30.3 Å². The van der Waals surface area contributed by atoms with Crippen LogP contribution in [0.3, 0.4) is 0 Å². The van der Waals surface area contributed by atoms with Crippen molar-refractivity contribution in [3.05, 3.63) is 35.9 Å². The van der Waals surface area contributed by atoms with Crippen molar-refractivity contribution in [2.45, 2.75) is 25.9 Å². The third-order valence-corrected chi connectivity index (χ3v) is 4.41. The predicted octanol–water partition coefficient (Wildman–Crippen LogP) is 1.35. The number of methoxy groups -OCH3 is 1. The van der Waals surface area contributed by atoms with Crippen LogP contribution in [0.1, 0.15) is 18.9 Å². The molecule has 1 saturated heterocycles. The molecule has 0 saturated carbocycles. The lowest BCUT2D eigenvalue weighted by Crippen LogP contribution is -2.53. The minimum Gasteiger partial charge on any atom is -0.385 e. The summed E-state index contributed by atoms with van der Waals surface area (Å²) < 4.78 is 4.99. The molecule has 1 unspecified atom stereocenters. The molecule has 1 aliphatic heterocycles. The zero-order chi connectivity index (χ0) is 16.5. The van der Waals surface area contributed by atoms with Gasteiger partial charge in [-0.3, -0.25) is 14.6 Å². The monoisotopic (exact) mass is 319 g/mol. The summed E-state index contributed by atoms with van der Waals surface area (Å²) in [5, 5.41) is 2.99. The van der Waals surface area contributed by atoms with Crippen LogP contribution in [-0.2, 0) is 16.1 Å². The maximum absolute atomic E-state index is 12.2. The molecule has 5 nitrogen and oxygen atoms in total. The zero-order valence-electron chi connectivity index (χ0n) is 14.3. The molecular formula is C18H29N3O2. The van der Waals surface area contributed by atoms with E-state index in [9.17, 15) is 4.79 Å². The van der Waals surface area contributed by atoms with Gasteiger partial charge >= 0.3 is 0 Å². The van der Waals surface area contributed by atoms with E-state index in [1.165, 1.54) is 5.56 Å². The third-order valence-electron chi connectivity index (χ3n) is 4.41. The van der Waals surface area contributed by atoms with Gasteiger partial charge in [-0.25, -0.2) is 0 Å². The second-order valence-electron chi connectivity index (χ2n) is 6.11. The summed E-state index contributed by atoms with van der Waals surface area (Å²) in [5.74, 6) is 0.123. The second kappa shape index (κ2) is 9.65. The summed E-state index contributed by atoms with van der Waals surface area (Å²) in [5.41, 5.74) is 1.35. The lowest BCUT2D eigenvalue weighted by atomic mass is 10.1. The first-order chi connectivity index (χ1) is 11.2. The first kappa shape index (κ1) is 17.9. The fraction of sp³-hybridized carbons (Fsp3) is 0.611. The third kappa shape index (κ3) is 5.94. The van der Waals surface area contributed by atoms with E-state index < -0.39 is 0 Å². The van der Waals surface area contributed by atoms with E-state index in [0.29, 0.717) is 13.2 Å². The molecule has 1 N–H and O–H groups in total. The van der Waals surface area contributed by atoms with Crippen LogP contribution in [0, 0.1) is 0 Å². The minimum absolute atomic E-state index is 0.0589. The Bertz CT molecular complexity index is 459. The Morgan fingerprint density at radius 2 is 1.91 bits per heavy atom. The van der Waals surface area contributed by atoms with Crippen LogP contribution >= 0.6 is 0 Å². The van der Waals surface area contributed by atoms with E-state index in [4.69, 9.17) is 4.74 Å². The van der Waals surface area contributed by atoms with Crippen molar-refractivity contribution in [2.75, 3.05) is 46.4 Å². The number of ether oxygens (including phenoxy) is 1. The van der Waals surface area contributed by atoms with Crippen molar-refractivity contribution >= 4 is 5.91 Å². The van der Waals surface area contributed by atoms with Crippen molar-refractivity contribution in [3.63, 3.8) is 0 Å². The van der Waals surface area contributed by atoms with Gasteiger partial charge in [0.15, 0.2) is 0 Å². The van der Waals surface area contributed by atoms with E-state index in [1.807, 2.05) is 13.0 Å². The van der Waals surface area contributed by atoms with E-state index in [0.717, 1.165) is 39.1 Å². The van der Waals surface area contributed by atoms with Crippen molar-refractivity contribution < 1.29 is 9.53 Å². The lowest BCUT2D eigenvalue weighted by Gasteiger charge is -2.37. The number of amides is 1. The number of carbonyl (C=O) groups excluding carboxylic acids is 1. The maximum atomic E-state index is 12.2. The molecule has 1 fully saturated rings. The van der Waals surface area contributed by atoms with Crippen LogP contribution in [0.15, 0.2) is 30.3 Å². The summed E-state index contributed by atoms with van der Waals surface area (Å²) in [6, 6.07) is 10.5. The summed E-state index contributed by atoms with van der Waals surface area (Å²) >= 11 is 0. The molecule has 2 rings (SSSR count). The molecule has 1 aliphatic rings. The number of piperazine rings is 1. The highest BCUT2D eigenvalue weighted by Crippen LogP contribution is 2.10. The number of hydrogen-bond acceptors (Lipinski definition) is 4. The molecule has 0 spiro atoms. The second-order valence-corrected chi connectivity index (χ2v) is 6.11. The maximum Gasteiger partial charge on any atom is 0.237 e. The summed E-state index contributed by atoms with van der Waals surface area (Å²) in [6.07, 6.45) is 0.861. The summed E-state index contributed by atoms with van der Waals surface area (Å²) in [4.78, 5) is 16.9. The Kier molecular flexibility index (Phi) is 7.52. The van der Waals surface area contributed by atoms with Crippen molar-refractivity contribution in [1.82, 2.24) is 15.1 Å². The standard InChI is InChI=1S/C18H29N3O2/c1-16(18(22)19-9-6-14-23-2)21-12-10-20(11-13-21)15-17-7-4-3-5-8-17/h3-5,7-8,16H,6,9-15H2,1-2H3,(H,19,22). The number of hydrogen-bond donors (Lipinski definition) is 1. The molecule has 0 aliphatic carbocycles. The smallest absolute Gasteiger partial charge is 0.237 e. The molecular weight excluding hydrogens is 290 g/mol. The molecule has 128 valence electrons. The van der Waals surface area contributed by atoms with Crippen LogP contribution in [0.2, 0.25) is 0 Å². The quantitative estimate of drug-likeness (QED) is 0.735. The number of rotatable bonds is 8. The molecule has 5 heteroatoms. The van der Waals surface area contributed by atoms with Gasteiger partial charge in [0.2, 0.25) is 5.91 Å². The number of nitrogens with one attached hydrogen (secondary N) is 1. The minimum atomic E-state index is -0.0589. The van der Waals surface area contributed by atoms with Crippen molar-refractivity contribution in [2.24, 2.45) is 0 Å². The molecule has 1 heterocycles. The average molecular weight is 319 g/mol. The van der Waals surface area contributed by atoms with Gasteiger partial charge in [-0.05, 0) is 18.9 Å². The van der Waals surface area contributed by atoms with Gasteiger partial charge < -0.3 is 10.1 Å². The van der Waals surface area contributed by atoms with Gasteiger partial charge in [0.1, 0.15) is 0 Å². The molecule has 0 bridgehead atoms. The molecule has 23 heavy (non-hydrogen) atoms. The molecule has 1 aromatic carbocycles. The Balaban J connectivity index is 1.69. The van der Waals surface area contributed by atoms with Gasteiger partial charge in [0.25, 0.3) is 0 Å². The lowest BCUT2D eigenvalue weighted by molar-refractivity contribution is -0.126. The van der Waals surface area contributed by atoms with Crippen molar-refractivity contribution in [1.29, 1.82) is 0 Å². The highest BCUT2D eigenvalue weighted by Gasteiger charge is 2.25. The van der Waals surface area contributed by atoms with Crippen LogP contribution < -0.4 is 5.32 Å². The first-order valence-electron chi connectivity index (χ1n) is 8.47. The Morgan fingerprint density at radius 1 is 1.22 bits per heavy atom. The molecule has 1 atom stereocenters. The number of nitrogens with zero attached hydrogens (tertiary/aromatic N) is 2. The van der Waals surface area contributed by atoms with Gasteiger partial charge in [0, 0.05) is 53.0 Å². The average Bonchev–Trinajstić information content (AvgIpc) is 2.59. The normalized spacial score (nSPS) is 17.8. The molecule has 1 aromatic rings. The zero-order valence-corrected chi connectivity index (χ0v) is 14.3. The first-order valence-corrected chi connectivity index (χ1v) is 8.47. The van der Waals surface area contributed by atoms with Crippen LogP contribution in [-0.4, -0.2) is 68.2 Å². The SMILES string of the molecule is COCCCNC(=O)C(C)N1CCN(Cc2ccccc2)CC1. The highest BCUT2D eigenvalue weighted by atomic mass is 16.5. The van der Waals surface area contributed by atoms with E-state index in [1.54, 1.807) is 7.11 Å². The molecule has 1 amide bonds. The van der Waals surface area contributed by atoms with Crippen LogP contribution in [0.4, 0.5) is 0 Å². The summed E-state index contributed by atoms with van der Waals surface area (Å²) in [6.45, 7) is 8.27. The highest BCUT2D eigenvalue weighted by molar-refractivity contribution is 5.81. The Hall–Kier alpha value is -1.43. The fourth-order valence-corrected chi connectivity index (χ4v) is 2.89. The predicted molar refractivity (Wildman–Crippen MR) is 92.3 cm³/mol. The van der Waals surface area contributed by atoms with Crippen LogP contribution in [0.5, 0.6) is 0 Å². The molecule has 0 radical (unpaired) electrons. The number of carbonyl (C=O) groups is 1. The summed E-state index contributed by atoms with van der Waals surface area (Å²) in [7, 11) is 1.68. The van der Waals surface area contributed by atoms with E-state index >= 15 is 0 Å². The topological polar surface area (TPSA) is 44.8 Å². The van der Waals surface area contributed by atoms with Crippen LogP contribution in [0.25, 0.3) is 0 Å². The fourth-order valence-electron chi connectivity index (χ4n) is 2.89. The Morgan fingerprint density at radius 3 is 2.57 bits per heavy atom. The van der Waals surface area contributed by atoms with E-state index in [2.05, 4.69) is 39.4 Å². The largest absolute Gasteiger partial charge is 0.385 e. The van der Waals surface area contributed by atoms with Gasteiger partial charge in [-0.15, -0.1) is 0 Å². The van der Waals surface area contributed by atoms with Crippen molar-refractivity contribution in [3.8, 4) is 0 Å². The molecule has 0 aromatic heterocycles. The number of benzene rings is 1. The Labute approximate surface area is 139 Å². The van der Waals surface area contributed by atoms with E-state index in [-0.39, 0.29) is 11.9 Å². The van der Waals surface area contributed by atoms with Gasteiger partial charge in [0.05, 0.1) is 6.04 Å². The van der Waals surface area contributed by atoms with Gasteiger partial charge in [-0.2, -0.15) is 0 Å².